The summed E-state index contributed by atoms with van der Waals surface area (Å²) < 4.78 is 11.1. The van der Waals surface area contributed by atoms with Crippen molar-refractivity contribution in [3.05, 3.63) is 90.0 Å². The van der Waals surface area contributed by atoms with Crippen LogP contribution in [0.2, 0.25) is 0 Å². The number of para-hydroxylation sites is 2. The zero-order valence-corrected chi connectivity index (χ0v) is 20.0. The van der Waals surface area contributed by atoms with Crippen molar-refractivity contribution < 1.29 is 23.9 Å². The molecule has 4 rings (SSSR count). The molecule has 0 aromatic heterocycles. The summed E-state index contributed by atoms with van der Waals surface area (Å²) in [5.41, 5.74) is 6.92. The van der Waals surface area contributed by atoms with Crippen LogP contribution in [0.3, 0.4) is 0 Å². The van der Waals surface area contributed by atoms with E-state index in [0.29, 0.717) is 29.4 Å². The maximum absolute atomic E-state index is 12.4. The van der Waals surface area contributed by atoms with Crippen LogP contribution in [0.15, 0.2) is 78.9 Å². The van der Waals surface area contributed by atoms with E-state index in [1.165, 1.54) is 10.5 Å². The second-order valence-corrected chi connectivity index (χ2v) is 8.21. The summed E-state index contributed by atoms with van der Waals surface area (Å²) in [5, 5.41) is 2.40. The molecule has 0 aliphatic carbocycles. The van der Waals surface area contributed by atoms with Gasteiger partial charge in [0.05, 0.1) is 12.3 Å². The van der Waals surface area contributed by atoms with Gasteiger partial charge in [-0.2, -0.15) is 0 Å². The second-order valence-electron chi connectivity index (χ2n) is 7.80. The molecule has 0 spiro atoms. The lowest BCUT2D eigenvalue weighted by molar-refractivity contribution is -0.125. The third-order valence-electron chi connectivity index (χ3n) is 5.27. The molecule has 1 aliphatic rings. The molecule has 3 amide bonds. The third kappa shape index (κ3) is 6.57. The van der Waals surface area contributed by atoms with E-state index in [1.54, 1.807) is 48.5 Å². The maximum Gasteiger partial charge on any atom is 0.265 e. The minimum Gasteiger partial charge on any atom is -0.493 e. The van der Waals surface area contributed by atoms with Crippen molar-refractivity contribution in [1.82, 2.24) is 16.2 Å². The van der Waals surface area contributed by atoms with E-state index in [2.05, 4.69) is 16.2 Å². The molecule has 0 saturated heterocycles. The van der Waals surface area contributed by atoms with Crippen molar-refractivity contribution >= 4 is 40.7 Å². The number of benzene rings is 3. The second kappa shape index (κ2) is 11.8. The zero-order chi connectivity index (χ0) is 25.3. The van der Waals surface area contributed by atoms with Gasteiger partial charge in [0, 0.05) is 12.0 Å². The van der Waals surface area contributed by atoms with Gasteiger partial charge in [0.25, 0.3) is 17.7 Å². The first-order chi connectivity index (χ1) is 17.5. The minimum absolute atomic E-state index is 0.0924. The van der Waals surface area contributed by atoms with Gasteiger partial charge < -0.3 is 9.47 Å². The van der Waals surface area contributed by atoms with Crippen LogP contribution in [-0.4, -0.2) is 42.6 Å². The van der Waals surface area contributed by atoms with Crippen LogP contribution >= 0.6 is 12.2 Å². The smallest absolute Gasteiger partial charge is 0.265 e. The molecule has 10 heteroatoms. The molecular weight excluding hydrogens is 480 g/mol. The molecule has 1 aliphatic heterocycles. The van der Waals surface area contributed by atoms with Gasteiger partial charge >= 0.3 is 0 Å². The summed E-state index contributed by atoms with van der Waals surface area (Å²) in [6.45, 7) is 0.127. The Morgan fingerprint density at radius 2 is 1.67 bits per heavy atom. The highest BCUT2D eigenvalue weighted by molar-refractivity contribution is 7.80. The number of thiocarbonyl (C=S) groups is 1. The first-order valence-corrected chi connectivity index (χ1v) is 11.6. The highest BCUT2D eigenvalue weighted by Crippen LogP contribution is 2.31. The Morgan fingerprint density at radius 1 is 0.944 bits per heavy atom. The molecule has 0 atom stereocenters. The van der Waals surface area contributed by atoms with Gasteiger partial charge in [-0.3, -0.25) is 35.5 Å². The number of nitrogens with one attached hydrogen (secondary N) is 3. The van der Waals surface area contributed by atoms with Crippen LogP contribution < -0.4 is 30.5 Å². The van der Waals surface area contributed by atoms with Crippen molar-refractivity contribution in [2.45, 2.75) is 6.42 Å². The third-order valence-corrected chi connectivity index (χ3v) is 5.48. The predicted octanol–water partition coefficient (Wildman–Crippen LogP) is 2.37. The Bertz CT molecular complexity index is 1250. The Hall–Kier alpha value is -4.44. The molecule has 1 heterocycles. The monoisotopic (exact) mass is 504 g/mol. The van der Waals surface area contributed by atoms with Crippen molar-refractivity contribution in [1.29, 1.82) is 0 Å². The van der Waals surface area contributed by atoms with E-state index in [4.69, 9.17) is 21.7 Å². The quantitative estimate of drug-likeness (QED) is 0.335. The fourth-order valence-electron chi connectivity index (χ4n) is 3.48. The lowest BCUT2D eigenvalue weighted by Gasteiger charge is -2.28. The molecule has 184 valence electrons. The maximum atomic E-state index is 12.4. The van der Waals surface area contributed by atoms with Crippen LogP contribution in [0.25, 0.3) is 0 Å². The molecule has 9 nitrogen and oxygen atoms in total. The number of hydrogen-bond acceptors (Lipinski definition) is 6. The van der Waals surface area contributed by atoms with E-state index >= 15 is 0 Å². The topological polar surface area (TPSA) is 109 Å². The molecule has 0 unspecified atom stereocenters. The number of anilines is 1. The number of hydrogen-bond donors (Lipinski definition) is 3. The first kappa shape index (κ1) is 24.7. The van der Waals surface area contributed by atoms with Gasteiger partial charge in [0.2, 0.25) is 0 Å². The average Bonchev–Trinajstić information content (AvgIpc) is 2.90. The number of fused-ring (bicyclic) bond motifs is 1. The average molecular weight is 505 g/mol. The molecule has 0 bridgehead atoms. The highest BCUT2D eigenvalue weighted by atomic mass is 32.1. The molecule has 0 fully saturated rings. The predicted molar refractivity (Wildman–Crippen MR) is 138 cm³/mol. The van der Waals surface area contributed by atoms with Gasteiger partial charge in [-0.05, 0) is 54.2 Å². The molecule has 0 radical (unpaired) electrons. The minimum atomic E-state index is -0.520. The molecule has 0 saturated carbocycles. The van der Waals surface area contributed by atoms with Crippen LogP contribution in [0.1, 0.15) is 15.9 Å². The van der Waals surface area contributed by atoms with E-state index in [0.717, 1.165) is 6.42 Å². The summed E-state index contributed by atoms with van der Waals surface area (Å²) in [6, 6.07) is 23.6. The van der Waals surface area contributed by atoms with Gasteiger partial charge in [-0.15, -0.1) is 0 Å². The van der Waals surface area contributed by atoms with E-state index < -0.39 is 11.8 Å². The van der Waals surface area contributed by atoms with E-state index in [-0.39, 0.29) is 24.2 Å². The highest BCUT2D eigenvalue weighted by Gasteiger charge is 2.27. The molecule has 3 aromatic carbocycles. The van der Waals surface area contributed by atoms with Gasteiger partial charge in [-0.25, -0.2) is 0 Å². The van der Waals surface area contributed by atoms with Gasteiger partial charge in [0.15, 0.2) is 11.7 Å². The number of amides is 3. The zero-order valence-electron chi connectivity index (χ0n) is 19.2. The van der Waals surface area contributed by atoms with Crippen LogP contribution in [0.5, 0.6) is 11.5 Å². The Balaban J connectivity index is 1.20. The van der Waals surface area contributed by atoms with Crippen molar-refractivity contribution in [2.24, 2.45) is 0 Å². The first-order valence-electron chi connectivity index (χ1n) is 11.2. The summed E-state index contributed by atoms with van der Waals surface area (Å²) >= 11 is 5.09. The summed E-state index contributed by atoms with van der Waals surface area (Å²) in [7, 11) is 0. The van der Waals surface area contributed by atoms with Crippen molar-refractivity contribution in [2.75, 3.05) is 24.7 Å². The normalized spacial score (nSPS) is 12.1. The van der Waals surface area contributed by atoms with Crippen molar-refractivity contribution in [3.8, 4) is 11.5 Å². The van der Waals surface area contributed by atoms with E-state index in [9.17, 15) is 14.4 Å². The number of rotatable bonds is 7. The van der Waals surface area contributed by atoms with Gasteiger partial charge in [-0.1, -0.05) is 42.5 Å². The molecular formula is C26H24N4O5S. The Morgan fingerprint density at radius 3 is 2.44 bits per heavy atom. The number of ether oxygens (including phenoxy) is 2. The Kier molecular flexibility index (Phi) is 8.09. The standard InChI is InChI=1S/C26H24N4O5S/c31-23(16-30-21-8-4-5-9-22(21)35-17-24(30)32)28-29-26(36)27-25(33)19-10-12-20(13-11-19)34-15-14-18-6-2-1-3-7-18/h1-13H,14-17H2,(H,28,31)(H2,27,29,33,36). The fourth-order valence-corrected chi connectivity index (χ4v) is 3.62. The molecule has 3 N–H and O–H groups in total. The summed E-state index contributed by atoms with van der Waals surface area (Å²) in [5.74, 6) is -0.140. The number of nitrogens with zero attached hydrogens (tertiary/aromatic N) is 1. The van der Waals surface area contributed by atoms with Crippen LogP contribution in [0, 0.1) is 0 Å². The largest absolute Gasteiger partial charge is 0.493 e. The fraction of sp³-hybridized carbons (Fsp3) is 0.154. The lowest BCUT2D eigenvalue weighted by Crippen LogP contribution is -2.52. The molecule has 3 aromatic rings. The summed E-state index contributed by atoms with van der Waals surface area (Å²) in [6.07, 6.45) is 0.779. The van der Waals surface area contributed by atoms with Crippen LogP contribution in [0.4, 0.5) is 5.69 Å². The Labute approximate surface area is 213 Å². The number of carbonyl (C=O) groups is 3. The van der Waals surface area contributed by atoms with E-state index in [1.807, 2.05) is 30.3 Å². The lowest BCUT2D eigenvalue weighted by atomic mass is 10.2. The summed E-state index contributed by atoms with van der Waals surface area (Å²) in [4.78, 5) is 38.3. The van der Waals surface area contributed by atoms with Gasteiger partial charge in [0.1, 0.15) is 18.0 Å². The SMILES string of the molecule is O=C(CN1C(=O)COc2ccccc21)NNC(=S)NC(=O)c1ccc(OCCc2ccccc2)cc1. The number of carbonyl (C=O) groups excluding carboxylic acids is 3. The van der Waals surface area contributed by atoms with Crippen LogP contribution in [-0.2, 0) is 16.0 Å². The molecule has 36 heavy (non-hydrogen) atoms. The number of hydrazine groups is 1. The van der Waals surface area contributed by atoms with Crippen molar-refractivity contribution in [3.63, 3.8) is 0 Å².